The number of primary amides is 1. The fourth-order valence-electron chi connectivity index (χ4n) is 2.63. The second-order valence-electron chi connectivity index (χ2n) is 5.22. The van der Waals surface area contributed by atoms with Gasteiger partial charge in [-0.3, -0.25) is 14.5 Å². The van der Waals surface area contributed by atoms with Gasteiger partial charge < -0.3 is 15.4 Å². The number of nitrogens with zero attached hydrogens (tertiary/aromatic N) is 2. The Morgan fingerprint density at radius 2 is 2.14 bits per heavy atom. The van der Waals surface area contributed by atoms with Gasteiger partial charge in [0.1, 0.15) is 11.8 Å². The smallest absolute Gasteiger partial charge is 0.241 e. The van der Waals surface area contributed by atoms with Crippen molar-refractivity contribution in [3.05, 3.63) is 29.8 Å². The maximum absolute atomic E-state index is 11.5. The van der Waals surface area contributed by atoms with Crippen LogP contribution in [0.5, 0.6) is 5.75 Å². The number of rotatable bonds is 4. The van der Waals surface area contributed by atoms with Crippen molar-refractivity contribution >= 4 is 11.8 Å². The molecule has 2 amide bonds. The first kappa shape index (κ1) is 15.3. The van der Waals surface area contributed by atoms with Crippen molar-refractivity contribution in [1.29, 1.82) is 0 Å². The average Bonchev–Trinajstić information content (AvgIpc) is 2.47. The Hall–Kier alpha value is -2.08. The molecule has 1 aromatic rings. The normalized spacial score (nSPS) is 19.3. The van der Waals surface area contributed by atoms with E-state index in [0.29, 0.717) is 19.6 Å². The van der Waals surface area contributed by atoms with Crippen LogP contribution < -0.4 is 10.5 Å². The third-order valence-electron chi connectivity index (χ3n) is 3.74. The second-order valence-corrected chi connectivity index (χ2v) is 5.22. The first-order chi connectivity index (χ1) is 10.0. The molecule has 0 aliphatic carbocycles. The van der Waals surface area contributed by atoms with E-state index in [9.17, 15) is 9.59 Å². The predicted octanol–water partition coefficient (Wildman–Crippen LogP) is 0.213. The number of ether oxygens (including phenoxy) is 1. The second kappa shape index (κ2) is 6.58. The minimum absolute atomic E-state index is 0.111. The Labute approximate surface area is 124 Å². The van der Waals surface area contributed by atoms with Crippen molar-refractivity contribution in [2.75, 3.05) is 26.7 Å². The van der Waals surface area contributed by atoms with Gasteiger partial charge in [0.25, 0.3) is 0 Å². The van der Waals surface area contributed by atoms with Gasteiger partial charge >= 0.3 is 0 Å². The third-order valence-corrected chi connectivity index (χ3v) is 3.74. The topological polar surface area (TPSA) is 75.9 Å². The van der Waals surface area contributed by atoms with Crippen LogP contribution in [0.2, 0.25) is 0 Å². The van der Waals surface area contributed by atoms with E-state index in [4.69, 9.17) is 10.5 Å². The summed E-state index contributed by atoms with van der Waals surface area (Å²) in [5.74, 6) is 0.238. The summed E-state index contributed by atoms with van der Waals surface area (Å²) in [7, 11) is 1.63. The largest absolute Gasteiger partial charge is 0.497 e. The minimum atomic E-state index is -0.554. The molecule has 0 bridgehead atoms. The summed E-state index contributed by atoms with van der Waals surface area (Å²) in [4.78, 5) is 26.8. The SMILES string of the molecule is COc1cccc(CN2CCN(C(C)=O)[C@H](C(N)=O)C2)c1. The number of carbonyl (C=O) groups excluding carboxylic acids is 2. The molecule has 0 spiro atoms. The van der Waals surface area contributed by atoms with Crippen molar-refractivity contribution < 1.29 is 14.3 Å². The lowest BCUT2D eigenvalue weighted by Gasteiger charge is -2.39. The van der Waals surface area contributed by atoms with Gasteiger partial charge in [0, 0.05) is 33.1 Å². The lowest BCUT2D eigenvalue weighted by atomic mass is 10.1. The first-order valence-electron chi connectivity index (χ1n) is 6.93. The van der Waals surface area contributed by atoms with Crippen LogP contribution in [0, 0.1) is 0 Å². The molecule has 1 aliphatic rings. The Kier molecular flexibility index (Phi) is 4.80. The lowest BCUT2D eigenvalue weighted by Crippen LogP contribution is -2.59. The zero-order chi connectivity index (χ0) is 15.4. The third kappa shape index (κ3) is 3.72. The van der Waals surface area contributed by atoms with Crippen LogP contribution in [0.4, 0.5) is 0 Å². The molecule has 0 radical (unpaired) electrons. The summed E-state index contributed by atoms with van der Waals surface area (Å²) in [5, 5.41) is 0. The standard InChI is InChI=1S/C15H21N3O3/c1-11(19)18-7-6-17(10-14(18)15(16)20)9-12-4-3-5-13(8-12)21-2/h3-5,8,14H,6-7,9-10H2,1-2H3,(H2,16,20)/t14-/m0/s1. The number of hydrogen-bond acceptors (Lipinski definition) is 4. The number of nitrogens with two attached hydrogens (primary N) is 1. The molecule has 1 saturated heterocycles. The quantitative estimate of drug-likeness (QED) is 0.860. The molecular formula is C15H21N3O3. The van der Waals surface area contributed by atoms with Crippen molar-refractivity contribution in [3.63, 3.8) is 0 Å². The van der Waals surface area contributed by atoms with Crippen molar-refractivity contribution in [2.45, 2.75) is 19.5 Å². The van der Waals surface area contributed by atoms with Gasteiger partial charge in [0.15, 0.2) is 0 Å². The van der Waals surface area contributed by atoms with Crippen molar-refractivity contribution in [3.8, 4) is 5.75 Å². The van der Waals surface area contributed by atoms with Crippen LogP contribution in [0.25, 0.3) is 0 Å². The number of benzene rings is 1. The van der Waals surface area contributed by atoms with Crippen LogP contribution in [0.1, 0.15) is 12.5 Å². The van der Waals surface area contributed by atoms with E-state index in [2.05, 4.69) is 4.90 Å². The zero-order valence-electron chi connectivity index (χ0n) is 12.4. The highest BCUT2D eigenvalue weighted by Crippen LogP contribution is 2.17. The van der Waals surface area contributed by atoms with E-state index < -0.39 is 11.9 Å². The van der Waals surface area contributed by atoms with E-state index in [0.717, 1.165) is 17.9 Å². The maximum Gasteiger partial charge on any atom is 0.241 e. The molecule has 0 unspecified atom stereocenters. The molecule has 21 heavy (non-hydrogen) atoms. The van der Waals surface area contributed by atoms with Gasteiger partial charge in [0.2, 0.25) is 11.8 Å². The molecule has 6 heteroatoms. The molecular weight excluding hydrogens is 270 g/mol. The Bertz CT molecular complexity index is 533. The van der Waals surface area contributed by atoms with Gasteiger partial charge in [-0.1, -0.05) is 12.1 Å². The van der Waals surface area contributed by atoms with Crippen LogP contribution >= 0.6 is 0 Å². The zero-order valence-corrected chi connectivity index (χ0v) is 12.4. The summed E-state index contributed by atoms with van der Waals surface area (Å²) >= 11 is 0. The molecule has 1 aromatic carbocycles. The van der Waals surface area contributed by atoms with E-state index in [1.807, 2.05) is 24.3 Å². The predicted molar refractivity (Wildman–Crippen MR) is 78.6 cm³/mol. The molecule has 1 fully saturated rings. The lowest BCUT2D eigenvalue weighted by molar-refractivity contribution is -0.141. The Morgan fingerprint density at radius 3 is 2.76 bits per heavy atom. The van der Waals surface area contributed by atoms with Crippen molar-refractivity contribution in [1.82, 2.24) is 9.80 Å². The van der Waals surface area contributed by atoms with Crippen LogP contribution in [-0.4, -0.2) is 54.4 Å². The molecule has 0 saturated carbocycles. The van der Waals surface area contributed by atoms with Gasteiger partial charge in [-0.15, -0.1) is 0 Å². The van der Waals surface area contributed by atoms with Crippen molar-refractivity contribution in [2.24, 2.45) is 5.73 Å². The molecule has 1 aliphatic heterocycles. The fraction of sp³-hybridized carbons (Fsp3) is 0.467. The van der Waals surface area contributed by atoms with E-state index in [1.54, 1.807) is 12.0 Å². The van der Waals surface area contributed by atoms with E-state index >= 15 is 0 Å². The molecule has 114 valence electrons. The highest BCUT2D eigenvalue weighted by atomic mass is 16.5. The molecule has 1 heterocycles. The summed E-state index contributed by atoms with van der Waals surface area (Å²) in [5.41, 5.74) is 6.52. The number of amides is 2. The summed E-state index contributed by atoms with van der Waals surface area (Å²) in [6.07, 6.45) is 0. The number of carbonyl (C=O) groups is 2. The van der Waals surface area contributed by atoms with Gasteiger partial charge in [-0.05, 0) is 17.7 Å². The van der Waals surface area contributed by atoms with Crippen LogP contribution in [-0.2, 0) is 16.1 Å². The van der Waals surface area contributed by atoms with E-state index in [-0.39, 0.29) is 5.91 Å². The molecule has 2 rings (SSSR count). The molecule has 0 aromatic heterocycles. The first-order valence-corrected chi connectivity index (χ1v) is 6.93. The summed E-state index contributed by atoms with van der Waals surface area (Å²) in [6.45, 7) is 3.87. The highest BCUT2D eigenvalue weighted by Gasteiger charge is 2.32. The summed E-state index contributed by atoms with van der Waals surface area (Å²) in [6, 6.07) is 7.26. The fourth-order valence-corrected chi connectivity index (χ4v) is 2.63. The highest BCUT2D eigenvalue weighted by molar-refractivity contribution is 5.86. The average molecular weight is 291 g/mol. The van der Waals surface area contributed by atoms with Gasteiger partial charge in [-0.25, -0.2) is 0 Å². The number of piperazine rings is 1. The Balaban J connectivity index is 2.05. The van der Waals surface area contributed by atoms with Gasteiger partial charge in [0.05, 0.1) is 7.11 Å². The summed E-state index contributed by atoms with van der Waals surface area (Å²) < 4.78 is 5.21. The molecule has 2 N–H and O–H groups in total. The maximum atomic E-state index is 11.5. The van der Waals surface area contributed by atoms with Gasteiger partial charge in [-0.2, -0.15) is 0 Å². The van der Waals surface area contributed by atoms with Crippen LogP contribution in [0.15, 0.2) is 24.3 Å². The monoisotopic (exact) mass is 291 g/mol. The van der Waals surface area contributed by atoms with E-state index in [1.165, 1.54) is 6.92 Å². The number of hydrogen-bond donors (Lipinski definition) is 1. The number of methoxy groups -OCH3 is 1. The molecule has 1 atom stereocenters. The minimum Gasteiger partial charge on any atom is -0.497 e. The van der Waals surface area contributed by atoms with Crippen LogP contribution in [0.3, 0.4) is 0 Å². The molecule has 6 nitrogen and oxygen atoms in total. The Morgan fingerprint density at radius 1 is 1.38 bits per heavy atom.